The Morgan fingerprint density at radius 2 is 1.83 bits per heavy atom. The number of urea groups is 1. The summed E-state index contributed by atoms with van der Waals surface area (Å²) in [5, 5.41) is 15.0. The number of fused-ring (bicyclic) bond motifs is 1. The number of amides is 3. The number of rotatable bonds is 7. The van der Waals surface area contributed by atoms with Crippen molar-refractivity contribution in [1.82, 2.24) is 9.21 Å². The van der Waals surface area contributed by atoms with Crippen molar-refractivity contribution in [2.75, 3.05) is 43.6 Å². The standard InChI is InChI=1S/C24H31FN4O6S/c1-15-12-29(16(2)14-30)23(31)20-11-19(27-24(32)26-18-7-5-17(25)6-8-18)9-10-21(20)35-22(15)13-28(3)36(4,33)34/h5-11,15-16,22,30H,12-14H2,1-4H3,(H2,26,27,32)/t15-,16+,22-/m1/s1. The molecule has 1 aliphatic heterocycles. The highest BCUT2D eigenvalue weighted by Crippen LogP contribution is 2.31. The van der Waals surface area contributed by atoms with Crippen molar-refractivity contribution < 1.29 is 32.2 Å². The topological polar surface area (TPSA) is 128 Å². The third-order valence-corrected chi connectivity index (χ3v) is 7.31. The van der Waals surface area contributed by atoms with Crippen LogP contribution in [0.25, 0.3) is 0 Å². The van der Waals surface area contributed by atoms with Gasteiger partial charge in [-0.15, -0.1) is 0 Å². The highest BCUT2D eigenvalue weighted by atomic mass is 32.2. The van der Waals surface area contributed by atoms with Crippen LogP contribution in [-0.4, -0.2) is 79.8 Å². The molecule has 36 heavy (non-hydrogen) atoms. The maximum atomic E-state index is 13.4. The molecule has 0 aromatic heterocycles. The Kier molecular flexibility index (Phi) is 8.54. The van der Waals surface area contributed by atoms with E-state index in [1.807, 2.05) is 6.92 Å². The second kappa shape index (κ2) is 11.2. The second-order valence-corrected chi connectivity index (χ2v) is 11.1. The van der Waals surface area contributed by atoms with Crippen LogP contribution in [0.4, 0.5) is 20.6 Å². The molecular formula is C24H31FN4O6S. The molecule has 1 aliphatic rings. The second-order valence-electron chi connectivity index (χ2n) is 8.96. The van der Waals surface area contributed by atoms with Gasteiger partial charge in [0, 0.05) is 30.9 Å². The van der Waals surface area contributed by atoms with Crippen LogP contribution in [0.5, 0.6) is 5.75 Å². The van der Waals surface area contributed by atoms with Gasteiger partial charge in [-0.1, -0.05) is 6.92 Å². The lowest BCUT2D eigenvalue weighted by atomic mass is 9.99. The number of carbonyl (C=O) groups excluding carboxylic acids is 2. The highest BCUT2D eigenvalue weighted by molar-refractivity contribution is 7.88. The Balaban J connectivity index is 1.90. The van der Waals surface area contributed by atoms with E-state index in [2.05, 4.69) is 10.6 Å². The zero-order valence-electron chi connectivity index (χ0n) is 20.6. The number of nitrogens with zero attached hydrogens (tertiary/aromatic N) is 2. The van der Waals surface area contributed by atoms with Crippen molar-refractivity contribution in [1.29, 1.82) is 0 Å². The van der Waals surface area contributed by atoms with Crippen LogP contribution in [-0.2, 0) is 10.0 Å². The molecule has 1 heterocycles. The number of hydrogen-bond acceptors (Lipinski definition) is 6. The molecule has 12 heteroatoms. The van der Waals surface area contributed by atoms with E-state index in [0.717, 1.165) is 6.26 Å². The summed E-state index contributed by atoms with van der Waals surface area (Å²) in [4.78, 5) is 27.4. The molecule has 0 spiro atoms. The Labute approximate surface area is 210 Å². The van der Waals surface area contributed by atoms with Crippen molar-refractivity contribution in [2.24, 2.45) is 5.92 Å². The zero-order chi connectivity index (χ0) is 26.6. The fourth-order valence-electron chi connectivity index (χ4n) is 3.73. The van der Waals surface area contributed by atoms with Crippen LogP contribution >= 0.6 is 0 Å². The van der Waals surface area contributed by atoms with E-state index in [9.17, 15) is 27.5 Å². The molecule has 0 aliphatic carbocycles. The van der Waals surface area contributed by atoms with Crippen LogP contribution in [0, 0.1) is 11.7 Å². The first-order chi connectivity index (χ1) is 16.9. The Hall–Kier alpha value is -3.22. The summed E-state index contributed by atoms with van der Waals surface area (Å²) in [7, 11) is -2.00. The van der Waals surface area contributed by atoms with Crippen LogP contribution in [0.1, 0.15) is 24.2 Å². The maximum absolute atomic E-state index is 13.4. The third-order valence-electron chi connectivity index (χ3n) is 6.03. The van der Waals surface area contributed by atoms with E-state index in [1.54, 1.807) is 13.0 Å². The fourth-order valence-corrected chi connectivity index (χ4v) is 4.15. The Morgan fingerprint density at radius 3 is 2.44 bits per heavy atom. The molecule has 0 bridgehead atoms. The van der Waals surface area contributed by atoms with E-state index in [0.29, 0.717) is 11.4 Å². The van der Waals surface area contributed by atoms with Gasteiger partial charge < -0.3 is 25.4 Å². The number of sulfonamides is 1. The number of aliphatic hydroxyl groups is 1. The van der Waals surface area contributed by atoms with Crippen LogP contribution in [0.3, 0.4) is 0 Å². The molecule has 2 aromatic rings. The van der Waals surface area contributed by atoms with Crippen LogP contribution in [0.2, 0.25) is 0 Å². The third kappa shape index (κ3) is 6.71. The summed E-state index contributed by atoms with van der Waals surface area (Å²) in [6.45, 7) is 3.59. The van der Waals surface area contributed by atoms with E-state index < -0.39 is 39.9 Å². The van der Waals surface area contributed by atoms with E-state index in [1.165, 1.54) is 52.7 Å². The largest absolute Gasteiger partial charge is 0.488 e. The van der Waals surface area contributed by atoms with Gasteiger partial charge in [-0.2, -0.15) is 0 Å². The average molecular weight is 523 g/mol. The van der Waals surface area contributed by atoms with Gasteiger partial charge in [0.25, 0.3) is 5.91 Å². The van der Waals surface area contributed by atoms with Crippen LogP contribution in [0.15, 0.2) is 42.5 Å². The maximum Gasteiger partial charge on any atom is 0.323 e. The van der Waals surface area contributed by atoms with Gasteiger partial charge in [0.05, 0.1) is 31.0 Å². The minimum atomic E-state index is -3.46. The molecule has 3 N–H and O–H groups in total. The first-order valence-corrected chi connectivity index (χ1v) is 13.2. The predicted molar refractivity (Wildman–Crippen MR) is 134 cm³/mol. The summed E-state index contributed by atoms with van der Waals surface area (Å²) >= 11 is 0. The summed E-state index contributed by atoms with van der Waals surface area (Å²) < 4.78 is 44.4. The normalized spacial score (nSPS) is 19.1. The molecule has 3 atom stereocenters. The van der Waals surface area contributed by atoms with Gasteiger partial charge in [0.2, 0.25) is 10.0 Å². The van der Waals surface area contributed by atoms with E-state index in [4.69, 9.17) is 4.74 Å². The summed E-state index contributed by atoms with van der Waals surface area (Å²) in [6, 6.07) is 8.71. The number of likely N-dealkylation sites (N-methyl/N-ethyl adjacent to an activating group) is 1. The molecule has 10 nitrogen and oxygen atoms in total. The van der Waals surface area contributed by atoms with Crippen molar-refractivity contribution in [2.45, 2.75) is 26.0 Å². The lowest BCUT2D eigenvalue weighted by Crippen LogP contribution is -2.50. The van der Waals surface area contributed by atoms with Crippen molar-refractivity contribution >= 4 is 33.3 Å². The van der Waals surface area contributed by atoms with Gasteiger partial charge in [0.15, 0.2) is 0 Å². The lowest BCUT2D eigenvalue weighted by Gasteiger charge is -2.38. The fraction of sp³-hybridized carbons (Fsp3) is 0.417. The van der Waals surface area contributed by atoms with Crippen molar-refractivity contribution in [3.63, 3.8) is 0 Å². The number of nitrogens with one attached hydrogen (secondary N) is 2. The molecule has 0 fully saturated rings. The van der Waals surface area contributed by atoms with E-state index in [-0.39, 0.29) is 36.9 Å². The smallest absolute Gasteiger partial charge is 0.323 e. The molecule has 3 amide bonds. The monoisotopic (exact) mass is 522 g/mol. The zero-order valence-corrected chi connectivity index (χ0v) is 21.4. The molecule has 0 saturated heterocycles. The number of hydrogen-bond donors (Lipinski definition) is 3. The minimum Gasteiger partial charge on any atom is -0.488 e. The molecular weight excluding hydrogens is 491 g/mol. The Morgan fingerprint density at radius 1 is 1.22 bits per heavy atom. The summed E-state index contributed by atoms with van der Waals surface area (Å²) in [6.07, 6.45) is 0.526. The molecule has 196 valence electrons. The quantitative estimate of drug-likeness (QED) is 0.513. The van der Waals surface area contributed by atoms with Gasteiger partial charge >= 0.3 is 6.03 Å². The summed E-state index contributed by atoms with van der Waals surface area (Å²) in [5.74, 6) is -0.841. The van der Waals surface area contributed by atoms with Gasteiger partial charge in [-0.05, 0) is 49.4 Å². The van der Waals surface area contributed by atoms with Crippen molar-refractivity contribution in [3.05, 3.63) is 53.8 Å². The van der Waals surface area contributed by atoms with Gasteiger partial charge in [0.1, 0.15) is 17.7 Å². The highest BCUT2D eigenvalue weighted by Gasteiger charge is 2.34. The minimum absolute atomic E-state index is 0.0645. The number of carbonyl (C=O) groups is 2. The average Bonchev–Trinajstić information content (AvgIpc) is 2.82. The molecule has 3 rings (SSSR count). The lowest BCUT2D eigenvalue weighted by molar-refractivity contribution is 0.0387. The Bertz CT molecular complexity index is 1210. The summed E-state index contributed by atoms with van der Waals surface area (Å²) in [5.41, 5.74) is 0.850. The van der Waals surface area contributed by atoms with E-state index >= 15 is 0 Å². The van der Waals surface area contributed by atoms with Crippen molar-refractivity contribution in [3.8, 4) is 5.75 Å². The first kappa shape index (κ1) is 27.4. The number of anilines is 2. The molecule has 0 saturated carbocycles. The predicted octanol–water partition coefficient (Wildman–Crippen LogP) is 2.58. The van der Waals surface area contributed by atoms with Gasteiger partial charge in [-0.3, -0.25) is 4.79 Å². The first-order valence-electron chi connectivity index (χ1n) is 11.4. The SMILES string of the molecule is C[C@@H]1CN([C@@H](C)CO)C(=O)c2cc(NC(=O)Nc3ccc(F)cc3)ccc2O[C@@H]1CN(C)S(C)(=O)=O. The molecule has 0 radical (unpaired) electrons. The number of benzene rings is 2. The number of halogens is 1. The molecule has 2 aromatic carbocycles. The van der Waals surface area contributed by atoms with Crippen LogP contribution < -0.4 is 15.4 Å². The van der Waals surface area contributed by atoms with Gasteiger partial charge in [-0.25, -0.2) is 21.9 Å². The molecule has 0 unspecified atom stereocenters. The number of ether oxygens (including phenoxy) is 1. The number of aliphatic hydroxyl groups excluding tert-OH is 1.